The van der Waals surface area contributed by atoms with Gasteiger partial charge in [-0.2, -0.15) is 4.39 Å². The maximum Gasteiger partial charge on any atom is 0.256 e. The van der Waals surface area contributed by atoms with Crippen LogP contribution in [0.1, 0.15) is 31.2 Å². The lowest BCUT2D eigenvalue weighted by atomic mass is 10.2. The second-order valence-corrected chi connectivity index (χ2v) is 3.93. The molecule has 15 heavy (non-hydrogen) atoms. The van der Waals surface area contributed by atoms with Crippen LogP contribution in [0.4, 0.5) is 4.39 Å². The van der Waals surface area contributed by atoms with Crippen molar-refractivity contribution < 1.29 is 12.8 Å². The lowest BCUT2D eigenvalue weighted by Gasteiger charge is -2.05. The summed E-state index contributed by atoms with van der Waals surface area (Å²) in [6.07, 6.45) is 3.89. The second-order valence-electron chi connectivity index (χ2n) is 3.39. The van der Waals surface area contributed by atoms with Gasteiger partial charge >= 0.3 is 0 Å². The summed E-state index contributed by atoms with van der Waals surface area (Å²) in [7, 11) is 0. The highest BCUT2D eigenvalue weighted by Gasteiger charge is 2.25. The highest BCUT2D eigenvalue weighted by molar-refractivity contribution is 7.90. The number of halogens is 1. The summed E-state index contributed by atoms with van der Waals surface area (Å²) in [5, 5.41) is 0. The van der Waals surface area contributed by atoms with Gasteiger partial charge in [0.25, 0.3) is 5.95 Å². The zero-order valence-electron chi connectivity index (χ0n) is 8.40. The minimum atomic E-state index is -0.591. The first-order chi connectivity index (χ1) is 7.31. The van der Waals surface area contributed by atoms with Crippen molar-refractivity contribution in [1.82, 2.24) is 4.98 Å². The predicted octanol–water partition coefficient (Wildman–Crippen LogP) is 3.08. The van der Waals surface area contributed by atoms with E-state index >= 15 is 0 Å². The Balaban J connectivity index is 2.03. The minimum Gasteiger partial charge on any atom is -0.395 e. The highest BCUT2D eigenvalue weighted by atomic mass is 32.2. The van der Waals surface area contributed by atoms with Gasteiger partial charge in [0.05, 0.1) is 6.61 Å². The Morgan fingerprint density at radius 1 is 1.60 bits per heavy atom. The van der Waals surface area contributed by atoms with Crippen LogP contribution in [0.3, 0.4) is 0 Å². The van der Waals surface area contributed by atoms with E-state index in [1.807, 2.05) is 6.92 Å². The SMILES string of the molecule is CCOSOc1cc(C2CC2)cnc1F. The van der Waals surface area contributed by atoms with E-state index in [1.54, 1.807) is 12.3 Å². The molecule has 2 rings (SSSR count). The molecule has 0 atom stereocenters. The first-order valence-electron chi connectivity index (χ1n) is 4.93. The summed E-state index contributed by atoms with van der Waals surface area (Å²) >= 11 is 0.781. The fourth-order valence-corrected chi connectivity index (χ4v) is 1.58. The standard InChI is InChI=1S/C10H12FNO2S/c1-2-13-15-14-9-5-8(7-3-4-7)6-12-10(9)11/h5-7H,2-4H2,1H3. The minimum absolute atomic E-state index is 0.151. The molecule has 1 saturated carbocycles. The summed E-state index contributed by atoms with van der Waals surface area (Å²) in [6.45, 7) is 2.35. The quantitative estimate of drug-likeness (QED) is 0.441. The molecule has 1 heterocycles. The average Bonchev–Trinajstić information content (AvgIpc) is 3.05. The summed E-state index contributed by atoms with van der Waals surface area (Å²) in [5.41, 5.74) is 1.04. The lowest BCUT2D eigenvalue weighted by molar-refractivity contribution is 0.364. The zero-order chi connectivity index (χ0) is 10.7. The molecule has 82 valence electrons. The van der Waals surface area contributed by atoms with E-state index in [-0.39, 0.29) is 5.75 Å². The molecular formula is C10H12FNO2S. The topological polar surface area (TPSA) is 31.4 Å². The Morgan fingerprint density at radius 2 is 2.40 bits per heavy atom. The fraction of sp³-hybridized carbons (Fsp3) is 0.500. The highest BCUT2D eigenvalue weighted by Crippen LogP contribution is 2.41. The Bertz CT molecular complexity index is 344. The molecular weight excluding hydrogens is 217 g/mol. The van der Waals surface area contributed by atoms with Crippen LogP contribution in [0.25, 0.3) is 0 Å². The molecule has 1 aliphatic rings. The van der Waals surface area contributed by atoms with Crippen LogP contribution in [0.15, 0.2) is 12.3 Å². The fourth-order valence-electron chi connectivity index (χ4n) is 1.25. The molecule has 0 amide bonds. The van der Waals surface area contributed by atoms with Gasteiger partial charge in [0, 0.05) is 6.20 Å². The van der Waals surface area contributed by atoms with Crippen LogP contribution in [0, 0.1) is 5.95 Å². The van der Waals surface area contributed by atoms with E-state index in [9.17, 15) is 4.39 Å². The number of pyridine rings is 1. The first-order valence-corrected chi connectivity index (χ1v) is 5.59. The summed E-state index contributed by atoms with van der Waals surface area (Å²) in [6, 6.07) is 1.70. The number of rotatable bonds is 5. The van der Waals surface area contributed by atoms with E-state index in [4.69, 9.17) is 8.37 Å². The van der Waals surface area contributed by atoms with Gasteiger partial charge in [-0.1, -0.05) is 0 Å². The third-order valence-electron chi connectivity index (χ3n) is 2.17. The number of nitrogens with zero attached hydrogens (tertiary/aromatic N) is 1. The largest absolute Gasteiger partial charge is 0.395 e. The van der Waals surface area contributed by atoms with Gasteiger partial charge < -0.3 is 4.18 Å². The van der Waals surface area contributed by atoms with E-state index in [0.29, 0.717) is 12.5 Å². The molecule has 1 aliphatic carbocycles. The number of hydrogen-bond donors (Lipinski definition) is 0. The van der Waals surface area contributed by atoms with E-state index in [1.165, 1.54) is 0 Å². The normalized spacial score (nSPS) is 15.3. The Morgan fingerprint density at radius 3 is 3.07 bits per heavy atom. The van der Waals surface area contributed by atoms with Gasteiger partial charge in [-0.15, -0.1) is 0 Å². The average molecular weight is 229 g/mol. The Labute approximate surface area is 92.4 Å². The molecule has 0 bridgehead atoms. The van der Waals surface area contributed by atoms with Crippen LogP contribution in [0.5, 0.6) is 5.75 Å². The van der Waals surface area contributed by atoms with Crippen molar-refractivity contribution in [3.8, 4) is 5.75 Å². The van der Waals surface area contributed by atoms with Crippen LogP contribution < -0.4 is 4.18 Å². The van der Waals surface area contributed by atoms with Gasteiger partial charge in [0.2, 0.25) is 12.3 Å². The van der Waals surface area contributed by atoms with Crippen molar-refractivity contribution >= 4 is 12.3 Å². The smallest absolute Gasteiger partial charge is 0.256 e. The molecule has 1 fully saturated rings. The van der Waals surface area contributed by atoms with Crippen LogP contribution in [-0.4, -0.2) is 11.6 Å². The summed E-state index contributed by atoms with van der Waals surface area (Å²) < 4.78 is 23.1. The monoisotopic (exact) mass is 229 g/mol. The molecule has 1 aromatic heterocycles. The second kappa shape index (κ2) is 4.81. The zero-order valence-corrected chi connectivity index (χ0v) is 9.22. The summed E-state index contributed by atoms with van der Waals surface area (Å²) in [4.78, 5) is 3.66. The maximum atomic E-state index is 13.2. The van der Waals surface area contributed by atoms with Gasteiger partial charge in [-0.3, -0.25) is 4.18 Å². The summed E-state index contributed by atoms with van der Waals surface area (Å²) in [5.74, 6) is 0.0991. The van der Waals surface area contributed by atoms with Crippen molar-refractivity contribution in [1.29, 1.82) is 0 Å². The molecule has 0 spiro atoms. The van der Waals surface area contributed by atoms with Gasteiger partial charge in [-0.25, -0.2) is 4.98 Å². The van der Waals surface area contributed by atoms with E-state index in [0.717, 1.165) is 30.7 Å². The first kappa shape index (κ1) is 10.7. The Hall–Kier alpha value is -0.810. The third kappa shape index (κ3) is 2.82. The van der Waals surface area contributed by atoms with Gasteiger partial charge in [0.15, 0.2) is 5.75 Å². The molecule has 3 nitrogen and oxygen atoms in total. The lowest BCUT2D eigenvalue weighted by Crippen LogP contribution is -1.93. The van der Waals surface area contributed by atoms with E-state index in [2.05, 4.69) is 4.98 Å². The maximum absolute atomic E-state index is 13.2. The molecule has 5 heteroatoms. The van der Waals surface area contributed by atoms with Crippen molar-refractivity contribution in [2.75, 3.05) is 6.61 Å². The number of aromatic nitrogens is 1. The third-order valence-corrected chi connectivity index (χ3v) is 2.75. The van der Waals surface area contributed by atoms with Crippen molar-refractivity contribution in [2.24, 2.45) is 0 Å². The molecule has 0 aromatic carbocycles. The molecule has 0 radical (unpaired) electrons. The predicted molar refractivity (Wildman–Crippen MR) is 56.0 cm³/mol. The van der Waals surface area contributed by atoms with Gasteiger partial charge in [0.1, 0.15) is 0 Å². The van der Waals surface area contributed by atoms with Gasteiger partial charge in [-0.05, 0) is 37.3 Å². The molecule has 0 saturated heterocycles. The van der Waals surface area contributed by atoms with Crippen LogP contribution >= 0.6 is 12.3 Å². The molecule has 0 N–H and O–H groups in total. The van der Waals surface area contributed by atoms with Crippen molar-refractivity contribution in [3.63, 3.8) is 0 Å². The Kier molecular flexibility index (Phi) is 3.43. The molecule has 1 aromatic rings. The van der Waals surface area contributed by atoms with Crippen molar-refractivity contribution in [2.45, 2.75) is 25.7 Å². The van der Waals surface area contributed by atoms with Crippen molar-refractivity contribution in [3.05, 3.63) is 23.8 Å². The molecule has 0 aliphatic heterocycles. The van der Waals surface area contributed by atoms with Crippen LogP contribution in [0.2, 0.25) is 0 Å². The van der Waals surface area contributed by atoms with Crippen LogP contribution in [-0.2, 0) is 4.18 Å². The number of hydrogen-bond acceptors (Lipinski definition) is 4. The molecule has 0 unspecified atom stereocenters. The van der Waals surface area contributed by atoms with E-state index < -0.39 is 5.95 Å².